The van der Waals surface area contributed by atoms with Crippen molar-refractivity contribution in [2.75, 3.05) is 26.6 Å². The monoisotopic (exact) mass is 389 g/mol. The van der Waals surface area contributed by atoms with Crippen LogP contribution in [0.3, 0.4) is 0 Å². The average Bonchev–Trinajstić information content (AvgIpc) is 2.78. The Bertz CT molecular complexity index is 943. The first kappa shape index (κ1) is 20.0. The molecule has 0 aliphatic heterocycles. The van der Waals surface area contributed by atoms with Gasteiger partial charge in [0.2, 0.25) is 5.91 Å². The fourth-order valence-electron chi connectivity index (χ4n) is 2.92. The topological polar surface area (TPSA) is 56.8 Å². The van der Waals surface area contributed by atoms with E-state index in [4.69, 9.17) is 14.2 Å². The van der Waals surface area contributed by atoms with Gasteiger partial charge in [0.1, 0.15) is 17.2 Å². The van der Waals surface area contributed by atoms with E-state index in [1.165, 1.54) is 0 Å². The maximum atomic E-state index is 12.8. The molecule has 0 saturated heterocycles. The first-order valence-corrected chi connectivity index (χ1v) is 9.09. The summed E-state index contributed by atoms with van der Waals surface area (Å²) in [6.07, 6.45) is 1.58. The fraction of sp³-hybridized carbons (Fsp3) is 0.125. The van der Waals surface area contributed by atoms with Gasteiger partial charge in [0.15, 0.2) is 0 Å². The summed E-state index contributed by atoms with van der Waals surface area (Å²) in [6, 6.07) is 22.4. The fourth-order valence-corrected chi connectivity index (χ4v) is 2.92. The van der Waals surface area contributed by atoms with Crippen LogP contribution in [0.2, 0.25) is 0 Å². The van der Waals surface area contributed by atoms with Gasteiger partial charge in [-0.1, -0.05) is 36.4 Å². The van der Waals surface area contributed by atoms with E-state index in [9.17, 15) is 4.79 Å². The van der Waals surface area contributed by atoms with Gasteiger partial charge in [-0.2, -0.15) is 0 Å². The molecule has 0 spiro atoms. The summed E-state index contributed by atoms with van der Waals surface area (Å²) < 4.78 is 15.8. The lowest BCUT2D eigenvalue weighted by atomic mass is 9.97. The summed E-state index contributed by atoms with van der Waals surface area (Å²) in [5.41, 5.74) is 3.18. The highest BCUT2D eigenvalue weighted by Crippen LogP contribution is 2.28. The number of carbonyl (C=O) groups excluding carboxylic acids is 1. The number of anilines is 1. The summed E-state index contributed by atoms with van der Waals surface area (Å²) in [5, 5.41) is 2.89. The smallest absolute Gasteiger partial charge is 0.249 e. The summed E-state index contributed by atoms with van der Waals surface area (Å²) in [6.45, 7) is 0. The number of methoxy groups -OCH3 is 3. The molecule has 0 atom stereocenters. The van der Waals surface area contributed by atoms with Crippen LogP contribution < -0.4 is 19.5 Å². The van der Waals surface area contributed by atoms with E-state index in [-0.39, 0.29) is 5.91 Å². The van der Waals surface area contributed by atoms with Crippen LogP contribution in [0.15, 0.2) is 78.9 Å². The molecule has 1 N–H and O–H groups in total. The predicted octanol–water partition coefficient (Wildman–Crippen LogP) is 4.78. The number of ether oxygens (including phenoxy) is 3. The van der Waals surface area contributed by atoms with Gasteiger partial charge in [0.05, 0.1) is 27.0 Å². The molecule has 0 aliphatic carbocycles. The van der Waals surface area contributed by atoms with Crippen LogP contribution in [0, 0.1) is 0 Å². The van der Waals surface area contributed by atoms with E-state index >= 15 is 0 Å². The van der Waals surface area contributed by atoms with Gasteiger partial charge in [-0.25, -0.2) is 0 Å². The van der Waals surface area contributed by atoms with Gasteiger partial charge in [0, 0.05) is 6.08 Å². The van der Waals surface area contributed by atoms with Gasteiger partial charge >= 0.3 is 0 Å². The molecular weight excluding hydrogens is 366 g/mol. The van der Waals surface area contributed by atoms with E-state index in [2.05, 4.69) is 5.32 Å². The van der Waals surface area contributed by atoms with Crippen LogP contribution in [0.5, 0.6) is 17.2 Å². The maximum absolute atomic E-state index is 12.8. The second-order valence-electron chi connectivity index (χ2n) is 6.20. The third-order valence-corrected chi connectivity index (χ3v) is 4.44. The molecule has 0 fully saturated rings. The minimum Gasteiger partial charge on any atom is -0.497 e. The molecule has 148 valence electrons. The van der Waals surface area contributed by atoms with E-state index in [1.54, 1.807) is 39.5 Å². The van der Waals surface area contributed by atoms with Crippen molar-refractivity contribution in [2.24, 2.45) is 0 Å². The second-order valence-corrected chi connectivity index (χ2v) is 6.20. The van der Waals surface area contributed by atoms with Crippen molar-refractivity contribution in [1.29, 1.82) is 0 Å². The minimum atomic E-state index is -0.254. The highest BCUT2D eigenvalue weighted by Gasteiger charge is 2.11. The van der Waals surface area contributed by atoms with Crippen molar-refractivity contribution in [3.63, 3.8) is 0 Å². The van der Waals surface area contributed by atoms with Gasteiger partial charge in [-0.3, -0.25) is 4.79 Å². The van der Waals surface area contributed by atoms with Crippen LogP contribution in [-0.2, 0) is 4.79 Å². The molecule has 3 rings (SSSR count). The zero-order valence-corrected chi connectivity index (χ0v) is 16.6. The Labute approximate surface area is 170 Å². The molecule has 0 aromatic heterocycles. The van der Waals surface area contributed by atoms with E-state index in [0.717, 1.165) is 28.2 Å². The molecule has 0 radical (unpaired) electrons. The molecule has 5 heteroatoms. The van der Waals surface area contributed by atoms with Crippen molar-refractivity contribution in [3.8, 4) is 17.2 Å². The molecule has 29 heavy (non-hydrogen) atoms. The minimum absolute atomic E-state index is 0.254. The maximum Gasteiger partial charge on any atom is 0.249 e. The van der Waals surface area contributed by atoms with Gasteiger partial charge in [-0.05, 0) is 53.1 Å². The van der Waals surface area contributed by atoms with Crippen molar-refractivity contribution in [1.82, 2.24) is 0 Å². The average molecular weight is 389 g/mol. The van der Waals surface area contributed by atoms with E-state index in [1.807, 2.05) is 60.7 Å². The van der Waals surface area contributed by atoms with Gasteiger partial charge in [-0.15, -0.1) is 0 Å². The molecule has 1 amide bonds. The second kappa shape index (κ2) is 9.46. The summed E-state index contributed by atoms with van der Waals surface area (Å²) in [7, 11) is 4.81. The Morgan fingerprint density at radius 2 is 1.24 bits per heavy atom. The molecule has 5 nitrogen and oxygen atoms in total. The first-order valence-electron chi connectivity index (χ1n) is 9.09. The van der Waals surface area contributed by atoms with Crippen LogP contribution in [-0.4, -0.2) is 27.2 Å². The van der Waals surface area contributed by atoms with Gasteiger partial charge in [0.25, 0.3) is 0 Å². The number of amides is 1. The molecular formula is C24H23NO4. The predicted molar refractivity (Wildman–Crippen MR) is 115 cm³/mol. The van der Waals surface area contributed by atoms with Crippen LogP contribution >= 0.6 is 0 Å². The molecule has 0 aliphatic rings. The zero-order chi connectivity index (χ0) is 20.6. The number of hydrogen-bond acceptors (Lipinski definition) is 4. The number of benzene rings is 3. The molecule has 0 unspecified atom stereocenters. The normalized spacial score (nSPS) is 10.0. The van der Waals surface area contributed by atoms with Gasteiger partial charge < -0.3 is 19.5 Å². The van der Waals surface area contributed by atoms with Crippen LogP contribution in [0.25, 0.3) is 5.57 Å². The van der Waals surface area contributed by atoms with Crippen molar-refractivity contribution in [2.45, 2.75) is 0 Å². The Morgan fingerprint density at radius 3 is 1.72 bits per heavy atom. The van der Waals surface area contributed by atoms with E-state index < -0.39 is 0 Å². The highest BCUT2D eigenvalue weighted by molar-refractivity contribution is 6.06. The summed E-state index contributed by atoms with van der Waals surface area (Å²) in [4.78, 5) is 12.8. The summed E-state index contributed by atoms with van der Waals surface area (Å²) in [5.74, 6) is 1.85. The quantitative estimate of drug-likeness (QED) is 0.591. The summed E-state index contributed by atoms with van der Waals surface area (Å²) >= 11 is 0. The molecule has 3 aromatic carbocycles. The number of rotatable bonds is 7. The number of carbonyl (C=O) groups is 1. The Kier molecular flexibility index (Phi) is 6.53. The van der Waals surface area contributed by atoms with E-state index in [0.29, 0.717) is 11.4 Å². The lowest BCUT2D eigenvalue weighted by Crippen LogP contribution is -2.10. The third kappa shape index (κ3) is 4.96. The third-order valence-electron chi connectivity index (χ3n) is 4.44. The number of nitrogens with one attached hydrogen (secondary N) is 1. The first-order chi connectivity index (χ1) is 14.1. The van der Waals surface area contributed by atoms with Crippen LogP contribution in [0.1, 0.15) is 11.1 Å². The SMILES string of the molecule is COc1ccc(C(=CC(=O)Nc2ccccc2OC)c2ccc(OC)cc2)cc1. The van der Waals surface area contributed by atoms with Crippen molar-refractivity contribution >= 4 is 17.2 Å². The van der Waals surface area contributed by atoms with Crippen LogP contribution in [0.4, 0.5) is 5.69 Å². The largest absolute Gasteiger partial charge is 0.497 e. The number of para-hydroxylation sites is 2. The van der Waals surface area contributed by atoms with Crippen molar-refractivity contribution < 1.29 is 19.0 Å². The van der Waals surface area contributed by atoms with Crippen molar-refractivity contribution in [3.05, 3.63) is 90.0 Å². The standard InChI is InChI=1S/C24H23NO4/c1-27-19-12-8-17(9-13-19)21(18-10-14-20(28-2)15-11-18)16-24(26)25-22-6-4-5-7-23(22)29-3/h4-16H,1-3H3,(H,25,26). The Balaban J connectivity index is 1.97. The Morgan fingerprint density at radius 1 is 0.724 bits per heavy atom. The molecule has 0 saturated carbocycles. The lowest BCUT2D eigenvalue weighted by molar-refractivity contribution is -0.111. The molecule has 3 aromatic rings. The Hall–Kier alpha value is -3.73. The molecule has 0 bridgehead atoms. The molecule has 0 heterocycles. The zero-order valence-electron chi connectivity index (χ0n) is 16.6. The highest BCUT2D eigenvalue weighted by atomic mass is 16.5. The number of hydrogen-bond donors (Lipinski definition) is 1. The lowest BCUT2D eigenvalue weighted by Gasteiger charge is -2.12.